The lowest BCUT2D eigenvalue weighted by molar-refractivity contribution is -0.137. The van der Waals surface area contributed by atoms with Gasteiger partial charge in [0.1, 0.15) is 6.54 Å². The SMILES string of the molecule is CCCCCN(C(=O)N(CC(=O)O)CC(C)C)C(C)C. The minimum absolute atomic E-state index is 0.0859. The lowest BCUT2D eigenvalue weighted by atomic mass is 10.2. The maximum atomic E-state index is 12.5. The van der Waals surface area contributed by atoms with Crippen molar-refractivity contribution in [2.75, 3.05) is 19.6 Å². The van der Waals surface area contributed by atoms with Crippen molar-refractivity contribution in [3.8, 4) is 0 Å². The number of hydrogen-bond donors (Lipinski definition) is 1. The summed E-state index contributed by atoms with van der Waals surface area (Å²) in [5, 5.41) is 8.97. The molecule has 5 heteroatoms. The molecule has 2 amide bonds. The van der Waals surface area contributed by atoms with Gasteiger partial charge in [0.25, 0.3) is 0 Å². The Bertz CT molecular complexity index is 303. The maximum absolute atomic E-state index is 12.5. The molecule has 0 atom stereocenters. The number of hydrogen-bond acceptors (Lipinski definition) is 2. The minimum atomic E-state index is -0.962. The molecule has 20 heavy (non-hydrogen) atoms. The highest BCUT2D eigenvalue weighted by molar-refractivity contribution is 5.80. The largest absolute Gasteiger partial charge is 0.480 e. The average Bonchev–Trinajstić information content (AvgIpc) is 2.31. The fourth-order valence-electron chi connectivity index (χ4n) is 2.10. The van der Waals surface area contributed by atoms with Gasteiger partial charge in [-0.15, -0.1) is 0 Å². The van der Waals surface area contributed by atoms with Crippen LogP contribution in [0, 0.1) is 5.92 Å². The van der Waals surface area contributed by atoms with E-state index in [-0.39, 0.29) is 24.5 Å². The van der Waals surface area contributed by atoms with E-state index < -0.39 is 5.97 Å². The van der Waals surface area contributed by atoms with E-state index in [2.05, 4.69) is 6.92 Å². The molecule has 0 fully saturated rings. The van der Waals surface area contributed by atoms with Crippen LogP contribution in [0.4, 0.5) is 4.79 Å². The normalized spacial score (nSPS) is 10.9. The molecule has 0 aromatic rings. The predicted molar refractivity (Wildman–Crippen MR) is 80.8 cm³/mol. The highest BCUT2D eigenvalue weighted by atomic mass is 16.4. The Morgan fingerprint density at radius 1 is 1.10 bits per heavy atom. The third kappa shape index (κ3) is 7.36. The first-order valence-electron chi connectivity index (χ1n) is 7.56. The molecule has 0 aliphatic carbocycles. The van der Waals surface area contributed by atoms with E-state index >= 15 is 0 Å². The van der Waals surface area contributed by atoms with Crippen LogP contribution < -0.4 is 0 Å². The van der Waals surface area contributed by atoms with E-state index in [9.17, 15) is 9.59 Å². The van der Waals surface area contributed by atoms with Crippen molar-refractivity contribution in [3.63, 3.8) is 0 Å². The van der Waals surface area contributed by atoms with Crippen LogP contribution in [0.1, 0.15) is 53.9 Å². The van der Waals surface area contributed by atoms with Crippen LogP contribution in [0.3, 0.4) is 0 Å². The molecule has 118 valence electrons. The van der Waals surface area contributed by atoms with Crippen molar-refractivity contribution in [1.29, 1.82) is 0 Å². The fourth-order valence-corrected chi connectivity index (χ4v) is 2.10. The van der Waals surface area contributed by atoms with Crippen molar-refractivity contribution in [2.24, 2.45) is 5.92 Å². The third-order valence-electron chi connectivity index (χ3n) is 3.05. The lowest BCUT2D eigenvalue weighted by Gasteiger charge is -2.33. The van der Waals surface area contributed by atoms with Gasteiger partial charge in [0.2, 0.25) is 0 Å². The van der Waals surface area contributed by atoms with Gasteiger partial charge in [-0.3, -0.25) is 4.79 Å². The average molecular weight is 286 g/mol. The molecule has 5 nitrogen and oxygen atoms in total. The van der Waals surface area contributed by atoms with Crippen LogP contribution in [0.2, 0.25) is 0 Å². The fraction of sp³-hybridized carbons (Fsp3) is 0.867. The maximum Gasteiger partial charge on any atom is 0.323 e. The number of urea groups is 1. The van der Waals surface area contributed by atoms with Gasteiger partial charge in [0.05, 0.1) is 0 Å². The van der Waals surface area contributed by atoms with Crippen LogP contribution >= 0.6 is 0 Å². The molecular weight excluding hydrogens is 256 g/mol. The van der Waals surface area contributed by atoms with Crippen LogP contribution in [0.25, 0.3) is 0 Å². The van der Waals surface area contributed by atoms with E-state index in [0.29, 0.717) is 13.1 Å². The molecule has 0 aromatic heterocycles. The van der Waals surface area contributed by atoms with E-state index in [1.165, 1.54) is 4.90 Å². The van der Waals surface area contributed by atoms with Gasteiger partial charge in [0.15, 0.2) is 0 Å². The van der Waals surface area contributed by atoms with Crippen LogP contribution in [-0.2, 0) is 4.79 Å². The summed E-state index contributed by atoms with van der Waals surface area (Å²) in [4.78, 5) is 26.7. The van der Waals surface area contributed by atoms with Crippen molar-refractivity contribution in [2.45, 2.75) is 59.9 Å². The van der Waals surface area contributed by atoms with Crippen LogP contribution in [-0.4, -0.2) is 52.6 Å². The zero-order valence-corrected chi connectivity index (χ0v) is 13.6. The number of carbonyl (C=O) groups excluding carboxylic acids is 1. The second-order valence-electron chi connectivity index (χ2n) is 5.94. The van der Waals surface area contributed by atoms with Gasteiger partial charge in [0, 0.05) is 19.1 Å². The molecule has 0 heterocycles. The van der Waals surface area contributed by atoms with Gasteiger partial charge >= 0.3 is 12.0 Å². The van der Waals surface area contributed by atoms with Gasteiger partial charge in [-0.05, 0) is 26.2 Å². The van der Waals surface area contributed by atoms with Crippen molar-refractivity contribution in [1.82, 2.24) is 9.80 Å². The summed E-state index contributed by atoms with van der Waals surface area (Å²) < 4.78 is 0. The summed E-state index contributed by atoms with van der Waals surface area (Å²) in [6, 6.07) is -0.0741. The zero-order valence-electron chi connectivity index (χ0n) is 13.6. The highest BCUT2D eigenvalue weighted by Gasteiger charge is 2.25. The van der Waals surface area contributed by atoms with Crippen LogP contribution in [0.15, 0.2) is 0 Å². The molecule has 0 spiro atoms. The van der Waals surface area contributed by atoms with Crippen LogP contribution in [0.5, 0.6) is 0 Å². The number of carboxylic acid groups (broad SMARTS) is 1. The molecule has 0 unspecified atom stereocenters. The van der Waals surface area contributed by atoms with Gasteiger partial charge in [-0.25, -0.2) is 4.79 Å². The zero-order chi connectivity index (χ0) is 15.7. The van der Waals surface area contributed by atoms with Crippen molar-refractivity contribution in [3.05, 3.63) is 0 Å². The molecule has 0 bridgehead atoms. The smallest absolute Gasteiger partial charge is 0.323 e. The molecule has 1 N–H and O–H groups in total. The number of unbranched alkanes of at least 4 members (excludes halogenated alkanes) is 2. The Morgan fingerprint density at radius 2 is 1.70 bits per heavy atom. The van der Waals surface area contributed by atoms with Gasteiger partial charge in [-0.1, -0.05) is 33.6 Å². The predicted octanol–water partition coefficient (Wildman–Crippen LogP) is 3.05. The second-order valence-corrected chi connectivity index (χ2v) is 5.94. The van der Waals surface area contributed by atoms with E-state index in [1.807, 2.05) is 27.7 Å². The molecule has 0 aromatic carbocycles. The Balaban J connectivity index is 4.80. The number of carboxylic acids is 1. The number of nitrogens with zero attached hydrogens (tertiary/aromatic N) is 2. The Labute approximate surface area is 122 Å². The Morgan fingerprint density at radius 3 is 2.10 bits per heavy atom. The summed E-state index contributed by atoms with van der Waals surface area (Å²) in [7, 11) is 0. The number of aliphatic carboxylic acids is 1. The minimum Gasteiger partial charge on any atom is -0.480 e. The van der Waals surface area contributed by atoms with Crippen molar-refractivity contribution < 1.29 is 14.7 Å². The first-order chi connectivity index (χ1) is 9.29. The first kappa shape index (κ1) is 18.7. The molecular formula is C15H30N2O3. The van der Waals surface area contributed by atoms with Gasteiger partial charge < -0.3 is 14.9 Å². The molecule has 0 aliphatic heterocycles. The highest BCUT2D eigenvalue weighted by Crippen LogP contribution is 2.10. The Kier molecular flexibility index (Phi) is 9.01. The summed E-state index contributed by atoms with van der Waals surface area (Å²) in [5.41, 5.74) is 0. The first-order valence-corrected chi connectivity index (χ1v) is 7.56. The molecule has 0 radical (unpaired) electrons. The summed E-state index contributed by atoms with van der Waals surface area (Å²) >= 11 is 0. The summed E-state index contributed by atoms with van der Waals surface area (Å²) in [6.45, 7) is 11.0. The lowest BCUT2D eigenvalue weighted by Crippen LogP contribution is -2.49. The topological polar surface area (TPSA) is 60.9 Å². The third-order valence-corrected chi connectivity index (χ3v) is 3.05. The van der Waals surface area contributed by atoms with Crippen molar-refractivity contribution >= 4 is 12.0 Å². The van der Waals surface area contributed by atoms with E-state index in [4.69, 9.17) is 5.11 Å². The van der Waals surface area contributed by atoms with E-state index in [0.717, 1.165) is 19.3 Å². The van der Waals surface area contributed by atoms with E-state index in [1.54, 1.807) is 4.90 Å². The monoisotopic (exact) mass is 286 g/mol. The standard InChI is InChI=1S/C15H30N2O3/c1-6-7-8-9-17(13(4)5)15(20)16(10-12(2)3)11-14(18)19/h12-13H,6-11H2,1-5H3,(H,18,19). The Hall–Kier alpha value is -1.26. The quantitative estimate of drug-likeness (QED) is 0.663. The molecule has 0 rings (SSSR count). The molecule has 0 aliphatic rings. The summed E-state index contributed by atoms with van der Waals surface area (Å²) in [6.07, 6.45) is 3.15. The molecule has 0 saturated heterocycles. The number of carbonyl (C=O) groups is 2. The molecule has 0 saturated carbocycles. The number of amides is 2. The second kappa shape index (κ2) is 9.61. The van der Waals surface area contributed by atoms with Gasteiger partial charge in [-0.2, -0.15) is 0 Å². The number of rotatable bonds is 9. The summed E-state index contributed by atoms with van der Waals surface area (Å²) in [5.74, 6) is -0.709.